The minimum absolute atomic E-state index is 0.0232. The maximum Gasteiger partial charge on any atom is 0.239 e. The summed E-state index contributed by atoms with van der Waals surface area (Å²) in [4.78, 5) is 28.4. The minimum Gasteiger partial charge on any atom is -0.352 e. The molecule has 0 bridgehead atoms. The fourth-order valence-corrected chi connectivity index (χ4v) is 4.67. The number of thiophene rings is 1. The summed E-state index contributed by atoms with van der Waals surface area (Å²) in [6.07, 6.45) is 6.00. The number of anilines is 1. The molecule has 1 unspecified atom stereocenters. The van der Waals surface area contributed by atoms with Crippen LogP contribution in [0.3, 0.4) is 0 Å². The van der Waals surface area contributed by atoms with Gasteiger partial charge in [0.05, 0.1) is 11.4 Å². The standard InChI is InChI=1S/C18H25N5OS/c1-2-13-11-14-16(20-12-21-17(14)25-13)22-7-9-23(10-8-22)18(24)15-5-3-4-6-19-15/h11-12,15,19H,2-10H2,1H3. The van der Waals surface area contributed by atoms with Gasteiger partial charge < -0.3 is 15.1 Å². The van der Waals surface area contributed by atoms with Gasteiger partial charge in [-0.15, -0.1) is 11.3 Å². The molecule has 0 aromatic carbocycles. The van der Waals surface area contributed by atoms with Crippen LogP contribution >= 0.6 is 11.3 Å². The highest BCUT2D eigenvalue weighted by molar-refractivity contribution is 7.18. The number of carbonyl (C=O) groups excluding carboxylic acids is 1. The molecule has 0 spiro atoms. The van der Waals surface area contributed by atoms with E-state index < -0.39 is 0 Å². The molecule has 2 saturated heterocycles. The number of aryl methyl sites for hydroxylation is 1. The molecule has 25 heavy (non-hydrogen) atoms. The molecule has 0 aliphatic carbocycles. The molecular formula is C18H25N5OS. The second kappa shape index (κ2) is 7.25. The second-order valence-corrected chi connectivity index (χ2v) is 7.91. The van der Waals surface area contributed by atoms with Gasteiger partial charge >= 0.3 is 0 Å². The molecule has 1 N–H and O–H groups in total. The van der Waals surface area contributed by atoms with Gasteiger partial charge in [-0.1, -0.05) is 13.3 Å². The third kappa shape index (κ3) is 3.35. The van der Waals surface area contributed by atoms with E-state index in [4.69, 9.17) is 0 Å². The number of rotatable bonds is 3. The van der Waals surface area contributed by atoms with Gasteiger partial charge in [-0.25, -0.2) is 9.97 Å². The molecule has 1 atom stereocenters. The van der Waals surface area contributed by atoms with E-state index in [1.165, 1.54) is 11.3 Å². The van der Waals surface area contributed by atoms with E-state index in [1.54, 1.807) is 17.7 Å². The summed E-state index contributed by atoms with van der Waals surface area (Å²) in [7, 11) is 0. The molecule has 1 amide bonds. The molecule has 0 saturated carbocycles. The van der Waals surface area contributed by atoms with E-state index in [-0.39, 0.29) is 11.9 Å². The van der Waals surface area contributed by atoms with Crippen LogP contribution in [-0.4, -0.2) is 59.5 Å². The zero-order chi connectivity index (χ0) is 17.2. The third-order valence-corrected chi connectivity index (χ3v) is 6.39. The number of hydrogen-bond acceptors (Lipinski definition) is 6. The van der Waals surface area contributed by atoms with Gasteiger partial charge in [0.2, 0.25) is 5.91 Å². The molecular weight excluding hydrogens is 334 g/mol. The number of piperidine rings is 1. The quantitative estimate of drug-likeness (QED) is 0.909. The van der Waals surface area contributed by atoms with Crippen LogP contribution in [0.15, 0.2) is 12.4 Å². The smallest absolute Gasteiger partial charge is 0.239 e. The van der Waals surface area contributed by atoms with Crippen LogP contribution < -0.4 is 10.2 Å². The number of aromatic nitrogens is 2. The minimum atomic E-state index is 0.0232. The average molecular weight is 359 g/mol. The molecule has 2 aliphatic rings. The Bertz CT molecular complexity index is 747. The lowest BCUT2D eigenvalue weighted by Crippen LogP contribution is -2.55. The summed E-state index contributed by atoms with van der Waals surface area (Å²) in [6.45, 7) is 6.35. The summed E-state index contributed by atoms with van der Waals surface area (Å²) in [5.41, 5.74) is 0. The number of piperazine rings is 1. The van der Waals surface area contributed by atoms with E-state index in [0.717, 1.165) is 68.0 Å². The predicted octanol–water partition coefficient (Wildman–Crippen LogP) is 2.04. The first-order valence-electron chi connectivity index (χ1n) is 9.27. The molecule has 4 rings (SSSR count). The maximum absolute atomic E-state index is 12.7. The van der Waals surface area contributed by atoms with Crippen LogP contribution in [0.4, 0.5) is 5.82 Å². The predicted molar refractivity (Wildman–Crippen MR) is 101 cm³/mol. The van der Waals surface area contributed by atoms with Crippen molar-refractivity contribution >= 4 is 33.3 Å². The zero-order valence-corrected chi connectivity index (χ0v) is 15.5. The fourth-order valence-electron chi connectivity index (χ4n) is 3.74. The topological polar surface area (TPSA) is 61.4 Å². The lowest BCUT2D eigenvalue weighted by molar-refractivity contribution is -0.134. The van der Waals surface area contributed by atoms with Crippen LogP contribution in [0, 0.1) is 0 Å². The molecule has 134 valence electrons. The molecule has 4 heterocycles. The van der Waals surface area contributed by atoms with Gasteiger partial charge in [0.1, 0.15) is 17.0 Å². The SMILES string of the molecule is CCc1cc2c(N3CCN(C(=O)C4CCCCN4)CC3)ncnc2s1. The van der Waals surface area contributed by atoms with Crippen molar-refractivity contribution < 1.29 is 4.79 Å². The van der Waals surface area contributed by atoms with Crippen molar-refractivity contribution in [3.05, 3.63) is 17.3 Å². The highest BCUT2D eigenvalue weighted by Gasteiger charge is 2.29. The Morgan fingerprint density at radius 1 is 1.28 bits per heavy atom. The van der Waals surface area contributed by atoms with Crippen molar-refractivity contribution in [1.29, 1.82) is 0 Å². The van der Waals surface area contributed by atoms with Gasteiger partial charge in [0.15, 0.2) is 0 Å². The third-order valence-electron chi connectivity index (χ3n) is 5.21. The fraction of sp³-hybridized carbons (Fsp3) is 0.611. The van der Waals surface area contributed by atoms with Crippen molar-refractivity contribution in [2.45, 2.75) is 38.6 Å². The van der Waals surface area contributed by atoms with Crippen LogP contribution in [0.1, 0.15) is 31.1 Å². The van der Waals surface area contributed by atoms with Crippen LogP contribution in [0.25, 0.3) is 10.2 Å². The largest absolute Gasteiger partial charge is 0.352 e. The Labute approximate surface area is 152 Å². The Balaban J connectivity index is 1.45. The van der Waals surface area contributed by atoms with Gasteiger partial charge in [0.25, 0.3) is 0 Å². The second-order valence-electron chi connectivity index (χ2n) is 6.80. The van der Waals surface area contributed by atoms with E-state index in [1.807, 2.05) is 4.90 Å². The van der Waals surface area contributed by atoms with E-state index in [2.05, 4.69) is 33.2 Å². The van der Waals surface area contributed by atoms with Crippen molar-refractivity contribution in [2.24, 2.45) is 0 Å². The molecule has 7 heteroatoms. The van der Waals surface area contributed by atoms with E-state index >= 15 is 0 Å². The van der Waals surface area contributed by atoms with Crippen molar-refractivity contribution in [3.63, 3.8) is 0 Å². The lowest BCUT2D eigenvalue weighted by atomic mass is 10.0. The summed E-state index contributed by atoms with van der Waals surface area (Å²) >= 11 is 1.75. The van der Waals surface area contributed by atoms with Crippen molar-refractivity contribution in [1.82, 2.24) is 20.2 Å². The zero-order valence-electron chi connectivity index (χ0n) is 14.7. The normalized spacial score (nSPS) is 21.7. The van der Waals surface area contributed by atoms with E-state index in [0.29, 0.717) is 0 Å². The number of fused-ring (bicyclic) bond motifs is 1. The first-order chi connectivity index (χ1) is 12.3. The van der Waals surface area contributed by atoms with Gasteiger partial charge in [0, 0.05) is 31.1 Å². The number of nitrogens with one attached hydrogen (secondary N) is 1. The van der Waals surface area contributed by atoms with Crippen LogP contribution in [0.5, 0.6) is 0 Å². The Morgan fingerprint density at radius 2 is 2.12 bits per heavy atom. The van der Waals surface area contributed by atoms with Gasteiger partial charge in [-0.05, 0) is 31.9 Å². The Morgan fingerprint density at radius 3 is 2.84 bits per heavy atom. The monoisotopic (exact) mass is 359 g/mol. The van der Waals surface area contributed by atoms with Gasteiger partial charge in [-0.2, -0.15) is 0 Å². The highest BCUT2D eigenvalue weighted by atomic mass is 32.1. The summed E-state index contributed by atoms with van der Waals surface area (Å²) in [6, 6.07) is 2.24. The van der Waals surface area contributed by atoms with Crippen LogP contribution in [-0.2, 0) is 11.2 Å². The summed E-state index contributed by atoms with van der Waals surface area (Å²) in [5.74, 6) is 1.29. The average Bonchev–Trinajstić information content (AvgIpc) is 3.12. The number of hydrogen-bond donors (Lipinski definition) is 1. The van der Waals surface area contributed by atoms with Gasteiger partial charge in [-0.3, -0.25) is 4.79 Å². The molecule has 2 aromatic heterocycles. The van der Waals surface area contributed by atoms with Crippen molar-refractivity contribution in [3.8, 4) is 0 Å². The number of carbonyl (C=O) groups is 1. The summed E-state index contributed by atoms with van der Waals surface area (Å²) < 4.78 is 0. The number of nitrogens with zero attached hydrogens (tertiary/aromatic N) is 4. The first-order valence-corrected chi connectivity index (χ1v) is 10.1. The molecule has 2 aromatic rings. The van der Waals surface area contributed by atoms with Crippen LogP contribution in [0.2, 0.25) is 0 Å². The highest BCUT2D eigenvalue weighted by Crippen LogP contribution is 2.31. The molecule has 2 aliphatic heterocycles. The molecule has 0 radical (unpaired) electrons. The maximum atomic E-state index is 12.7. The lowest BCUT2D eigenvalue weighted by Gasteiger charge is -2.38. The Hall–Kier alpha value is -1.73. The first kappa shape index (κ1) is 16.7. The molecule has 6 nitrogen and oxygen atoms in total. The molecule has 2 fully saturated rings. The van der Waals surface area contributed by atoms with Crippen molar-refractivity contribution in [2.75, 3.05) is 37.6 Å². The summed E-state index contributed by atoms with van der Waals surface area (Å²) in [5, 5.41) is 4.52. The van der Waals surface area contributed by atoms with E-state index in [9.17, 15) is 4.79 Å². The number of amides is 1. The Kier molecular flexibility index (Phi) is 4.85.